The van der Waals surface area contributed by atoms with Gasteiger partial charge in [-0.3, -0.25) is 9.59 Å². The van der Waals surface area contributed by atoms with Crippen molar-refractivity contribution < 1.29 is 14.3 Å². The normalized spacial score (nSPS) is 10.9. The van der Waals surface area contributed by atoms with Gasteiger partial charge in [-0.2, -0.15) is 0 Å². The Morgan fingerprint density at radius 2 is 2.00 bits per heavy atom. The van der Waals surface area contributed by atoms with Crippen molar-refractivity contribution in [3.63, 3.8) is 0 Å². The molecule has 0 fully saturated rings. The van der Waals surface area contributed by atoms with Gasteiger partial charge in [-0.15, -0.1) is 0 Å². The van der Waals surface area contributed by atoms with Gasteiger partial charge in [0.25, 0.3) is 0 Å². The van der Waals surface area contributed by atoms with Crippen LogP contribution in [0.25, 0.3) is 0 Å². The van der Waals surface area contributed by atoms with E-state index in [0.717, 1.165) is 0 Å². The first-order valence-corrected chi connectivity index (χ1v) is 4.80. The molecule has 0 radical (unpaired) electrons. The third kappa shape index (κ3) is 5.67. The summed E-state index contributed by atoms with van der Waals surface area (Å²) in [5.74, 6) is -0.606. The second-order valence-corrected chi connectivity index (χ2v) is 2.81. The average molecular weight is 211 g/mol. The fourth-order valence-corrected chi connectivity index (χ4v) is 0.920. The zero-order valence-electron chi connectivity index (χ0n) is 9.40. The summed E-state index contributed by atoms with van der Waals surface area (Å²) < 4.78 is 4.49. The Kier molecular flexibility index (Phi) is 6.97. The predicted octanol–water partition coefficient (Wildman–Crippen LogP) is 1.14. The lowest BCUT2D eigenvalue weighted by Crippen LogP contribution is -2.34. The van der Waals surface area contributed by atoms with Crippen LogP contribution in [0, 0.1) is 0 Å². The number of ether oxygens (including phenoxy) is 1. The largest absolute Gasteiger partial charge is 0.468 e. The van der Waals surface area contributed by atoms with Crippen LogP contribution in [0.1, 0.15) is 13.8 Å². The third-order valence-corrected chi connectivity index (χ3v) is 1.78. The standard InChI is InChI=1S/C11H17NO3/c1-4-6-7-8-10(13)12(5-2)9-11(14)15-3/h4,6-8H,5,9H2,1-3H3. The van der Waals surface area contributed by atoms with Crippen molar-refractivity contribution >= 4 is 11.9 Å². The molecule has 0 saturated carbocycles. The van der Waals surface area contributed by atoms with Gasteiger partial charge in [0.15, 0.2) is 0 Å². The van der Waals surface area contributed by atoms with E-state index in [1.165, 1.54) is 18.1 Å². The number of rotatable bonds is 5. The minimum atomic E-state index is -0.412. The van der Waals surface area contributed by atoms with Gasteiger partial charge in [-0.25, -0.2) is 0 Å². The van der Waals surface area contributed by atoms with Crippen molar-refractivity contribution in [3.8, 4) is 0 Å². The van der Waals surface area contributed by atoms with Crippen molar-refractivity contribution in [1.82, 2.24) is 4.90 Å². The number of carbonyl (C=O) groups excluding carboxylic acids is 2. The molecule has 84 valence electrons. The molecule has 0 spiro atoms. The van der Waals surface area contributed by atoms with Crippen LogP contribution in [0.15, 0.2) is 24.3 Å². The van der Waals surface area contributed by atoms with Crippen LogP contribution < -0.4 is 0 Å². The SMILES string of the molecule is CC=CC=CC(=O)N(CC)CC(=O)OC. The molecule has 0 unspecified atom stereocenters. The predicted molar refractivity (Wildman–Crippen MR) is 58.2 cm³/mol. The van der Waals surface area contributed by atoms with Crippen LogP contribution in [-0.2, 0) is 14.3 Å². The molecule has 0 atom stereocenters. The number of esters is 1. The quantitative estimate of drug-likeness (QED) is 0.389. The fourth-order valence-electron chi connectivity index (χ4n) is 0.920. The summed E-state index contributed by atoms with van der Waals surface area (Å²) in [6, 6.07) is 0. The minimum Gasteiger partial charge on any atom is -0.468 e. The number of nitrogens with zero attached hydrogens (tertiary/aromatic N) is 1. The first kappa shape index (κ1) is 13.4. The van der Waals surface area contributed by atoms with Crippen molar-refractivity contribution in [2.75, 3.05) is 20.2 Å². The lowest BCUT2D eigenvalue weighted by atomic mass is 10.4. The van der Waals surface area contributed by atoms with Gasteiger partial charge in [-0.05, 0) is 13.8 Å². The van der Waals surface area contributed by atoms with Crippen molar-refractivity contribution in [2.45, 2.75) is 13.8 Å². The van der Waals surface area contributed by atoms with Gasteiger partial charge in [0.2, 0.25) is 5.91 Å². The van der Waals surface area contributed by atoms with E-state index in [9.17, 15) is 9.59 Å². The molecule has 1 amide bonds. The molecule has 4 heteroatoms. The van der Waals surface area contributed by atoms with Crippen LogP contribution in [0.3, 0.4) is 0 Å². The summed E-state index contributed by atoms with van der Waals surface area (Å²) >= 11 is 0. The molecule has 0 heterocycles. The number of carbonyl (C=O) groups is 2. The van der Waals surface area contributed by atoms with Crippen LogP contribution >= 0.6 is 0 Å². The molecule has 15 heavy (non-hydrogen) atoms. The number of hydrogen-bond donors (Lipinski definition) is 0. The lowest BCUT2D eigenvalue weighted by molar-refractivity contribution is -0.145. The summed E-state index contributed by atoms with van der Waals surface area (Å²) in [7, 11) is 1.30. The van der Waals surface area contributed by atoms with Gasteiger partial charge in [-0.1, -0.05) is 18.2 Å². The van der Waals surface area contributed by atoms with Crippen LogP contribution in [-0.4, -0.2) is 37.0 Å². The van der Waals surface area contributed by atoms with E-state index in [2.05, 4.69) is 4.74 Å². The summed E-state index contributed by atoms with van der Waals surface area (Å²) in [5, 5.41) is 0. The summed E-state index contributed by atoms with van der Waals surface area (Å²) in [5.41, 5.74) is 0. The van der Waals surface area contributed by atoms with Crippen LogP contribution in [0.5, 0.6) is 0 Å². The maximum atomic E-state index is 11.5. The molecule has 0 saturated heterocycles. The van der Waals surface area contributed by atoms with E-state index in [1.54, 1.807) is 12.2 Å². The lowest BCUT2D eigenvalue weighted by Gasteiger charge is -2.16. The fraction of sp³-hybridized carbons (Fsp3) is 0.455. The molecule has 0 rings (SSSR count). The Hall–Kier alpha value is -1.58. The van der Waals surface area contributed by atoms with Gasteiger partial charge in [0, 0.05) is 12.6 Å². The topological polar surface area (TPSA) is 46.6 Å². The third-order valence-electron chi connectivity index (χ3n) is 1.78. The highest BCUT2D eigenvalue weighted by atomic mass is 16.5. The second-order valence-electron chi connectivity index (χ2n) is 2.81. The Labute approximate surface area is 90.2 Å². The zero-order chi connectivity index (χ0) is 11.7. The maximum Gasteiger partial charge on any atom is 0.325 e. The van der Waals surface area contributed by atoms with E-state index in [4.69, 9.17) is 0 Å². The highest BCUT2D eigenvalue weighted by Crippen LogP contribution is 1.93. The molecule has 0 bridgehead atoms. The maximum absolute atomic E-state index is 11.5. The summed E-state index contributed by atoms with van der Waals surface area (Å²) in [6.07, 6.45) is 6.64. The number of hydrogen-bond acceptors (Lipinski definition) is 3. The monoisotopic (exact) mass is 211 g/mol. The molecule has 4 nitrogen and oxygen atoms in total. The number of methoxy groups -OCH3 is 1. The van der Waals surface area contributed by atoms with E-state index in [-0.39, 0.29) is 12.5 Å². The summed E-state index contributed by atoms with van der Waals surface area (Å²) in [6.45, 7) is 4.14. The van der Waals surface area contributed by atoms with Crippen molar-refractivity contribution in [3.05, 3.63) is 24.3 Å². The number of allylic oxidation sites excluding steroid dienone is 3. The molecular formula is C11H17NO3. The van der Waals surface area contributed by atoms with Gasteiger partial charge >= 0.3 is 5.97 Å². The zero-order valence-corrected chi connectivity index (χ0v) is 9.40. The van der Waals surface area contributed by atoms with Gasteiger partial charge in [0.1, 0.15) is 6.54 Å². The van der Waals surface area contributed by atoms with Crippen molar-refractivity contribution in [1.29, 1.82) is 0 Å². The van der Waals surface area contributed by atoms with Crippen molar-refractivity contribution in [2.24, 2.45) is 0 Å². The van der Waals surface area contributed by atoms with E-state index < -0.39 is 5.97 Å². The second kappa shape index (κ2) is 7.79. The highest BCUT2D eigenvalue weighted by Gasteiger charge is 2.12. The summed E-state index contributed by atoms with van der Waals surface area (Å²) in [4.78, 5) is 23.9. The Bertz CT molecular complexity index is 269. The molecule has 0 aromatic rings. The molecule has 0 aromatic carbocycles. The number of likely N-dealkylation sites (N-methyl/N-ethyl adjacent to an activating group) is 1. The van der Waals surface area contributed by atoms with Gasteiger partial charge < -0.3 is 9.64 Å². The van der Waals surface area contributed by atoms with E-state index in [1.807, 2.05) is 19.9 Å². The Morgan fingerprint density at radius 3 is 2.47 bits per heavy atom. The molecule has 0 aliphatic heterocycles. The molecular weight excluding hydrogens is 194 g/mol. The Balaban J connectivity index is 4.28. The highest BCUT2D eigenvalue weighted by molar-refractivity contribution is 5.90. The average Bonchev–Trinajstić information content (AvgIpc) is 2.25. The molecule has 0 aromatic heterocycles. The minimum absolute atomic E-state index is 0.00792. The molecule has 0 N–H and O–H groups in total. The molecule has 0 aliphatic carbocycles. The van der Waals surface area contributed by atoms with E-state index >= 15 is 0 Å². The van der Waals surface area contributed by atoms with Crippen LogP contribution in [0.2, 0.25) is 0 Å². The van der Waals surface area contributed by atoms with Gasteiger partial charge in [0.05, 0.1) is 7.11 Å². The van der Waals surface area contributed by atoms with E-state index in [0.29, 0.717) is 6.54 Å². The molecule has 0 aliphatic rings. The smallest absolute Gasteiger partial charge is 0.325 e. The first-order chi connectivity index (χ1) is 7.15. The number of amides is 1. The Morgan fingerprint density at radius 1 is 1.33 bits per heavy atom. The van der Waals surface area contributed by atoms with Crippen LogP contribution in [0.4, 0.5) is 0 Å². The first-order valence-electron chi connectivity index (χ1n) is 4.80.